The fourth-order valence-corrected chi connectivity index (χ4v) is 1.68. The van der Waals surface area contributed by atoms with Gasteiger partial charge in [0.25, 0.3) is 0 Å². The quantitative estimate of drug-likeness (QED) is 0.580. The van der Waals surface area contributed by atoms with E-state index in [0.717, 1.165) is 5.56 Å². The molecule has 1 aromatic carbocycles. The molecule has 1 rings (SSSR count). The zero-order chi connectivity index (χ0) is 12.0. The number of terminal acetylenes is 1. The first-order valence-electron chi connectivity index (χ1n) is 5.04. The van der Waals surface area contributed by atoms with Gasteiger partial charge < -0.3 is 4.90 Å². The molecule has 0 N–H and O–H groups in total. The Labute approximate surface area is 101 Å². The van der Waals surface area contributed by atoms with E-state index in [2.05, 4.69) is 5.92 Å². The Morgan fingerprint density at radius 2 is 2.12 bits per heavy atom. The summed E-state index contributed by atoms with van der Waals surface area (Å²) in [6.45, 7) is 2.22. The average molecular weight is 236 g/mol. The van der Waals surface area contributed by atoms with Gasteiger partial charge in [0.2, 0.25) is 5.91 Å². The standard InChI is InChI=1S/C13H14ClNO/c1-3-9-15(13(16)10-14)11(2)12-7-5-4-6-8-12/h1,4-8,11H,9-10H2,2H3. The summed E-state index contributed by atoms with van der Waals surface area (Å²) in [4.78, 5) is 13.2. The van der Waals surface area contributed by atoms with Crippen LogP contribution >= 0.6 is 11.6 Å². The number of benzene rings is 1. The van der Waals surface area contributed by atoms with Gasteiger partial charge >= 0.3 is 0 Å². The van der Waals surface area contributed by atoms with Gasteiger partial charge in [-0.25, -0.2) is 0 Å². The third-order valence-electron chi connectivity index (χ3n) is 2.45. The van der Waals surface area contributed by atoms with Crippen LogP contribution in [0.4, 0.5) is 0 Å². The lowest BCUT2D eigenvalue weighted by Gasteiger charge is -2.27. The van der Waals surface area contributed by atoms with E-state index in [1.54, 1.807) is 4.90 Å². The Bertz CT molecular complexity index is 383. The van der Waals surface area contributed by atoms with Crippen molar-refractivity contribution in [2.45, 2.75) is 13.0 Å². The fourth-order valence-electron chi connectivity index (χ4n) is 1.53. The van der Waals surface area contributed by atoms with Gasteiger partial charge in [-0.2, -0.15) is 0 Å². The minimum absolute atomic E-state index is 0.0428. The second kappa shape index (κ2) is 6.19. The Morgan fingerprint density at radius 1 is 1.50 bits per heavy atom. The molecule has 0 aromatic heterocycles. The Kier molecular flexibility index (Phi) is 4.88. The maximum absolute atomic E-state index is 11.6. The average Bonchev–Trinajstić information content (AvgIpc) is 2.35. The summed E-state index contributed by atoms with van der Waals surface area (Å²) in [5, 5.41) is 0. The predicted octanol–water partition coefficient (Wildman–Crippen LogP) is 2.45. The van der Waals surface area contributed by atoms with Crippen LogP contribution in [-0.4, -0.2) is 23.2 Å². The van der Waals surface area contributed by atoms with E-state index < -0.39 is 0 Å². The van der Waals surface area contributed by atoms with Crippen LogP contribution in [0.5, 0.6) is 0 Å². The van der Waals surface area contributed by atoms with Gasteiger partial charge in [-0.3, -0.25) is 4.79 Å². The highest BCUT2D eigenvalue weighted by Gasteiger charge is 2.19. The van der Waals surface area contributed by atoms with Crippen LogP contribution in [0.2, 0.25) is 0 Å². The SMILES string of the molecule is C#CCN(C(=O)CCl)C(C)c1ccccc1. The van der Waals surface area contributed by atoms with Crippen molar-refractivity contribution in [3.8, 4) is 12.3 Å². The molecule has 0 radical (unpaired) electrons. The largest absolute Gasteiger partial charge is 0.324 e. The Hall–Kier alpha value is -1.46. The summed E-state index contributed by atoms with van der Waals surface area (Å²) in [6.07, 6.45) is 5.25. The number of alkyl halides is 1. The summed E-state index contributed by atoms with van der Waals surface area (Å²) in [6, 6.07) is 9.69. The van der Waals surface area contributed by atoms with Crippen LogP contribution in [0.15, 0.2) is 30.3 Å². The van der Waals surface area contributed by atoms with E-state index in [1.165, 1.54) is 0 Å². The number of carbonyl (C=O) groups excluding carboxylic acids is 1. The molecule has 0 saturated heterocycles. The molecule has 16 heavy (non-hydrogen) atoms. The number of halogens is 1. The van der Waals surface area contributed by atoms with Crippen molar-refractivity contribution >= 4 is 17.5 Å². The maximum atomic E-state index is 11.6. The molecule has 0 fully saturated rings. The first-order chi connectivity index (χ1) is 7.70. The number of nitrogens with zero attached hydrogens (tertiary/aromatic N) is 1. The van der Waals surface area contributed by atoms with Crippen LogP contribution in [0.25, 0.3) is 0 Å². The van der Waals surface area contributed by atoms with Gasteiger partial charge in [0, 0.05) is 0 Å². The van der Waals surface area contributed by atoms with Crippen molar-refractivity contribution < 1.29 is 4.79 Å². The van der Waals surface area contributed by atoms with Crippen molar-refractivity contribution in [3.05, 3.63) is 35.9 Å². The molecular formula is C13H14ClNO. The highest BCUT2D eigenvalue weighted by Crippen LogP contribution is 2.19. The van der Waals surface area contributed by atoms with Crippen molar-refractivity contribution in [1.29, 1.82) is 0 Å². The molecule has 3 heteroatoms. The fraction of sp³-hybridized carbons (Fsp3) is 0.308. The minimum atomic E-state index is -0.143. The van der Waals surface area contributed by atoms with E-state index in [0.29, 0.717) is 0 Å². The van der Waals surface area contributed by atoms with Gasteiger partial charge in [-0.15, -0.1) is 18.0 Å². The van der Waals surface area contributed by atoms with Gasteiger partial charge in [-0.05, 0) is 12.5 Å². The normalized spacial score (nSPS) is 11.6. The second-order valence-corrected chi connectivity index (χ2v) is 3.71. The highest BCUT2D eigenvalue weighted by atomic mass is 35.5. The van der Waals surface area contributed by atoms with Crippen molar-refractivity contribution in [3.63, 3.8) is 0 Å². The minimum Gasteiger partial charge on any atom is -0.324 e. The van der Waals surface area contributed by atoms with Crippen molar-refractivity contribution in [1.82, 2.24) is 4.90 Å². The topological polar surface area (TPSA) is 20.3 Å². The first kappa shape index (κ1) is 12.6. The molecule has 2 nitrogen and oxygen atoms in total. The lowest BCUT2D eigenvalue weighted by atomic mass is 10.1. The van der Waals surface area contributed by atoms with E-state index in [1.807, 2.05) is 37.3 Å². The molecule has 0 spiro atoms. The molecule has 0 aliphatic carbocycles. The number of amides is 1. The van der Waals surface area contributed by atoms with Gasteiger partial charge in [0.1, 0.15) is 5.88 Å². The molecule has 1 unspecified atom stereocenters. The third kappa shape index (κ3) is 3.01. The van der Waals surface area contributed by atoms with Crippen LogP contribution in [0.3, 0.4) is 0 Å². The van der Waals surface area contributed by atoms with E-state index in [9.17, 15) is 4.79 Å². The molecule has 0 heterocycles. The van der Waals surface area contributed by atoms with Crippen LogP contribution < -0.4 is 0 Å². The molecule has 0 saturated carbocycles. The maximum Gasteiger partial charge on any atom is 0.238 e. The van der Waals surface area contributed by atoms with Crippen LogP contribution in [0, 0.1) is 12.3 Å². The zero-order valence-corrected chi connectivity index (χ0v) is 9.95. The zero-order valence-electron chi connectivity index (χ0n) is 9.19. The molecule has 1 amide bonds. The van der Waals surface area contributed by atoms with Gasteiger partial charge in [0.15, 0.2) is 0 Å². The molecule has 1 atom stereocenters. The molecule has 84 valence electrons. The number of hydrogen-bond acceptors (Lipinski definition) is 1. The van der Waals surface area contributed by atoms with E-state index in [4.69, 9.17) is 18.0 Å². The van der Waals surface area contributed by atoms with E-state index >= 15 is 0 Å². The number of carbonyl (C=O) groups is 1. The van der Waals surface area contributed by atoms with Crippen molar-refractivity contribution in [2.75, 3.05) is 12.4 Å². The molecule has 0 aliphatic rings. The lowest BCUT2D eigenvalue weighted by molar-refractivity contribution is -0.129. The smallest absolute Gasteiger partial charge is 0.238 e. The number of rotatable bonds is 4. The number of hydrogen-bond donors (Lipinski definition) is 0. The molecule has 1 aromatic rings. The second-order valence-electron chi connectivity index (χ2n) is 3.45. The summed E-state index contributed by atoms with van der Waals surface area (Å²) in [5.74, 6) is 2.29. The van der Waals surface area contributed by atoms with Crippen molar-refractivity contribution in [2.24, 2.45) is 0 Å². The third-order valence-corrected chi connectivity index (χ3v) is 2.67. The van der Waals surface area contributed by atoms with E-state index in [-0.39, 0.29) is 24.4 Å². The van der Waals surface area contributed by atoms with Crippen LogP contribution in [0.1, 0.15) is 18.5 Å². The molecule has 0 aliphatic heterocycles. The summed E-state index contributed by atoms with van der Waals surface area (Å²) >= 11 is 5.55. The summed E-state index contributed by atoms with van der Waals surface area (Å²) in [5.41, 5.74) is 1.05. The summed E-state index contributed by atoms with van der Waals surface area (Å²) < 4.78 is 0. The Morgan fingerprint density at radius 3 is 2.62 bits per heavy atom. The summed E-state index contributed by atoms with van der Waals surface area (Å²) in [7, 11) is 0. The first-order valence-corrected chi connectivity index (χ1v) is 5.58. The Balaban J connectivity index is 2.88. The van der Waals surface area contributed by atoms with Crippen LogP contribution in [-0.2, 0) is 4.79 Å². The highest BCUT2D eigenvalue weighted by molar-refractivity contribution is 6.27. The predicted molar refractivity (Wildman–Crippen MR) is 66.1 cm³/mol. The lowest BCUT2D eigenvalue weighted by Crippen LogP contribution is -2.34. The van der Waals surface area contributed by atoms with Gasteiger partial charge in [0.05, 0.1) is 12.6 Å². The molecular weight excluding hydrogens is 222 g/mol. The van der Waals surface area contributed by atoms with Gasteiger partial charge in [-0.1, -0.05) is 36.3 Å². The molecule has 0 bridgehead atoms. The monoisotopic (exact) mass is 235 g/mol.